The summed E-state index contributed by atoms with van der Waals surface area (Å²) in [6.45, 7) is 2.96. The third kappa shape index (κ3) is 6.08. The number of piperazine rings is 1. The fraction of sp³-hybridized carbons (Fsp3) is 0.355. The van der Waals surface area contributed by atoms with Gasteiger partial charge >= 0.3 is 0 Å². The quantitative estimate of drug-likeness (QED) is 0.491. The maximum Gasteiger partial charge on any atom is 0.253 e. The van der Waals surface area contributed by atoms with Crippen molar-refractivity contribution in [2.24, 2.45) is 5.92 Å². The standard InChI is InChI=1S/C31H34FN3O2/c32-28-16-10-23(11-17-28)22-33-30(36)29(26-8-4-5-9-26)34-18-20-35(21-19-34)31(37)27-14-12-25(13-15-27)24-6-2-1-3-7-24/h1-3,6-7,10-17,26,29H,4-5,8-9,18-22H2,(H,33,36). The van der Waals surface area contributed by atoms with Crippen LogP contribution in [0.25, 0.3) is 11.1 Å². The Kier molecular flexibility index (Phi) is 7.95. The van der Waals surface area contributed by atoms with Crippen molar-refractivity contribution in [3.8, 4) is 11.1 Å². The first kappa shape index (κ1) is 25.2. The molecule has 1 aliphatic carbocycles. The third-order valence-electron chi connectivity index (χ3n) is 7.73. The zero-order valence-electron chi connectivity index (χ0n) is 21.1. The summed E-state index contributed by atoms with van der Waals surface area (Å²) in [6, 6.07) is 24.0. The summed E-state index contributed by atoms with van der Waals surface area (Å²) in [6.07, 6.45) is 4.43. The second kappa shape index (κ2) is 11.7. The van der Waals surface area contributed by atoms with Crippen molar-refractivity contribution in [1.82, 2.24) is 15.1 Å². The van der Waals surface area contributed by atoms with Gasteiger partial charge in [-0.15, -0.1) is 0 Å². The molecular formula is C31H34FN3O2. The molecule has 0 aromatic heterocycles. The molecule has 37 heavy (non-hydrogen) atoms. The van der Waals surface area contributed by atoms with Gasteiger partial charge in [0.25, 0.3) is 5.91 Å². The Morgan fingerprint density at radius 2 is 1.43 bits per heavy atom. The van der Waals surface area contributed by atoms with E-state index >= 15 is 0 Å². The SMILES string of the molecule is O=C(NCc1ccc(F)cc1)C(C1CCCC1)N1CCN(C(=O)c2ccc(-c3ccccc3)cc2)CC1. The molecule has 2 aliphatic rings. The largest absolute Gasteiger partial charge is 0.351 e. The number of amides is 2. The number of carbonyl (C=O) groups is 2. The molecule has 5 nitrogen and oxygen atoms in total. The van der Waals surface area contributed by atoms with E-state index in [-0.39, 0.29) is 23.7 Å². The van der Waals surface area contributed by atoms with E-state index in [1.165, 1.54) is 12.1 Å². The van der Waals surface area contributed by atoms with Crippen molar-refractivity contribution in [2.75, 3.05) is 26.2 Å². The molecule has 1 saturated carbocycles. The highest BCUT2D eigenvalue weighted by Gasteiger charge is 2.37. The number of halogens is 1. The van der Waals surface area contributed by atoms with Crippen molar-refractivity contribution >= 4 is 11.8 Å². The molecule has 1 saturated heterocycles. The molecule has 2 fully saturated rings. The van der Waals surface area contributed by atoms with Crippen LogP contribution < -0.4 is 5.32 Å². The zero-order chi connectivity index (χ0) is 25.6. The second-order valence-corrected chi connectivity index (χ2v) is 10.1. The summed E-state index contributed by atoms with van der Waals surface area (Å²) in [5.41, 5.74) is 3.80. The third-order valence-corrected chi connectivity index (χ3v) is 7.73. The van der Waals surface area contributed by atoms with Crippen LogP contribution in [0.1, 0.15) is 41.6 Å². The van der Waals surface area contributed by atoms with Crippen molar-refractivity contribution in [3.63, 3.8) is 0 Å². The highest BCUT2D eigenvalue weighted by Crippen LogP contribution is 2.31. The minimum Gasteiger partial charge on any atom is -0.351 e. The molecule has 3 aromatic carbocycles. The summed E-state index contributed by atoms with van der Waals surface area (Å²) in [5.74, 6) is 0.129. The average molecular weight is 500 g/mol. The molecule has 192 valence electrons. The smallest absolute Gasteiger partial charge is 0.253 e. The number of carbonyl (C=O) groups excluding carboxylic acids is 2. The number of nitrogens with zero attached hydrogens (tertiary/aromatic N) is 2. The average Bonchev–Trinajstić information content (AvgIpc) is 3.48. The van der Waals surface area contributed by atoms with Gasteiger partial charge < -0.3 is 10.2 Å². The van der Waals surface area contributed by atoms with E-state index in [1.807, 2.05) is 47.4 Å². The number of nitrogens with one attached hydrogen (secondary N) is 1. The highest BCUT2D eigenvalue weighted by atomic mass is 19.1. The van der Waals surface area contributed by atoms with Gasteiger partial charge in [-0.05, 0) is 59.7 Å². The van der Waals surface area contributed by atoms with Gasteiger partial charge in [-0.2, -0.15) is 0 Å². The molecule has 1 N–H and O–H groups in total. The lowest BCUT2D eigenvalue weighted by Gasteiger charge is -2.40. The van der Waals surface area contributed by atoms with E-state index in [9.17, 15) is 14.0 Å². The molecule has 2 amide bonds. The van der Waals surface area contributed by atoms with Crippen LogP contribution in [0.15, 0.2) is 78.9 Å². The Labute approximate surface area is 218 Å². The minimum atomic E-state index is -0.279. The molecule has 1 aliphatic heterocycles. The van der Waals surface area contributed by atoms with Crippen molar-refractivity contribution in [1.29, 1.82) is 0 Å². The number of benzene rings is 3. The fourth-order valence-corrected chi connectivity index (χ4v) is 5.67. The molecule has 3 aromatic rings. The molecule has 0 radical (unpaired) electrons. The number of hydrogen-bond acceptors (Lipinski definition) is 3. The van der Waals surface area contributed by atoms with Crippen molar-refractivity contribution in [3.05, 3.63) is 95.8 Å². The van der Waals surface area contributed by atoms with Crippen molar-refractivity contribution < 1.29 is 14.0 Å². The topological polar surface area (TPSA) is 52.7 Å². The van der Waals surface area contributed by atoms with Gasteiger partial charge in [0.1, 0.15) is 5.82 Å². The monoisotopic (exact) mass is 499 g/mol. The Morgan fingerprint density at radius 1 is 0.811 bits per heavy atom. The minimum absolute atomic E-state index is 0.0347. The predicted molar refractivity (Wildman–Crippen MR) is 143 cm³/mol. The van der Waals surface area contributed by atoms with Crippen molar-refractivity contribution in [2.45, 2.75) is 38.3 Å². The van der Waals surface area contributed by atoms with E-state index in [1.54, 1.807) is 12.1 Å². The summed E-state index contributed by atoms with van der Waals surface area (Å²) in [4.78, 5) is 30.7. The number of rotatable bonds is 7. The lowest BCUT2D eigenvalue weighted by molar-refractivity contribution is -0.129. The van der Waals surface area contributed by atoms with Gasteiger partial charge in [0.15, 0.2) is 0 Å². The molecule has 1 unspecified atom stereocenters. The fourth-order valence-electron chi connectivity index (χ4n) is 5.67. The summed E-state index contributed by atoms with van der Waals surface area (Å²) < 4.78 is 13.2. The Morgan fingerprint density at radius 3 is 2.08 bits per heavy atom. The second-order valence-electron chi connectivity index (χ2n) is 10.1. The van der Waals surface area contributed by atoms with E-state index in [0.29, 0.717) is 44.2 Å². The van der Waals surface area contributed by atoms with E-state index < -0.39 is 0 Å². The summed E-state index contributed by atoms with van der Waals surface area (Å²) >= 11 is 0. The van der Waals surface area contributed by atoms with E-state index in [4.69, 9.17) is 0 Å². The molecule has 1 heterocycles. The van der Waals surface area contributed by atoms with Crippen LogP contribution in [0.4, 0.5) is 4.39 Å². The lowest BCUT2D eigenvalue weighted by Crippen LogP contribution is -2.57. The first-order chi connectivity index (χ1) is 18.1. The number of hydrogen-bond donors (Lipinski definition) is 1. The van der Waals surface area contributed by atoms with Gasteiger partial charge in [0.05, 0.1) is 6.04 Å². The maximum atomic E-state index is 13.3. The maximum absolute atomic E-state index is 13.3. The zero-order valence-corrected chi connectivity index (χ0v) is 21.1. The Bertz CT molecular complexity index is 1180. The van der Waals surface area contributed by atoms with Crippen LogP contribution in [0.3, 0.4) is 0 Å². The Balaban J connectivity index is 1.20. The molecule has 5 rings (SSSR count). The van der Waals surface area contributed by atoms with Crippen LogP contribution in [0, 0.1) is 11.7 Å². The van der Waals surface area contributed by atoms with E-state index in [2.05, 4.69) is 22.3 Å². The molecule has 0 spiro atoms. The van der Waals surface area contributed by atoms with Gasteiger partial charge in [0.2, 0.25) is 5.91 Å². The summed E-state index contributed by atoms with van der Waals surface area (Å²) in [7, 11) is 0. The van der Waals surface area contributed by atoms with Gasteiger partial charge in [-0.3, -0.25) is 14.5 Å². The predicted octanol–water partition coefficient (Wildman–Crippen LogP) is 5.13. The van der Waals surface area contributed by atoms with Gasteiger partial charge in [-0.1, -0.05) is 67.4 Å². The van der Waals surface area contributed by atoms with E-state index in [0.717, 1.165) is 42.4 Å². The normalized spacial score (nSPS) is 17.5. The summed E-state index contributed by atoms with van der Waals surface area (Å²) in [5, 5.41) is 3.09. The van der Waals surface area contributed by atoms with Crippen LogP contribution in [0.5, 0.6) is 0 Å². The van der Waals surface area contributed by atoms with Crippen LogP contribution in [-0.2, 0) is 11.3 Å². The lowest BCUT2D eigenvalue weighted by atomic mass is 9.94. The highest BCUT2D eigenvalue weighted by molar-refractivity contribution is 5.94. The molecule has 0 bridgehead atoms. The molecular weight excluding hydrogens is 465 g/mol. The molecule has 6 heteroatoms. The van der Waals surface area contributed by atoms with Gasteiger partial charge in [0, 0.05) is 38.3 Å². The first-order valence-corrected chi connectivity index (χ1v) is 13.3. The molecule has 1 atom stereocenters. The van der Waals surface area contributed by atoms with Crippen LogP contribution >= 0.6 is 0 Å². The van der Waals surface area contributed by atoms with Crippen LogP contribution in [0.2, 0.25) is 0 Å². The van der Waals surface area contributed by atoms with Gasteiger partial charge in [-0.25, -0.2) is 4.39 Å². The Hall–Kier alpha value is -3.51. The van der Waals surface area contributed by atoms with Crippen LogP contribution in [-0.4, -0.2) is 53.8 Å². The first-order valence-electron chi connectivity index (χ1n) is 13.3.